The van der Waals surface area contributed by atoms with E-state index in [1.165, 1.54) is 25.0 Å². The van der Waals surface area contributed by atoms with Gasteiger partial charge >= 0.3 is 0 Å². The minimum Gasteiger partial charge on any atom is -0.481 e. The molecule has 8 heteroatoms. The summed E-state index contributed by atoms with van der Waals surface area (Å²) >= 11 is 0. The van der Waals surface area contributed by atoms with Crippen LogP contribution in [0.5, 0.6) is 5.75 Å². The molecule has 0 unspecified atom stereocenters. The van der Waals surface area contributed by atoms with E-state index in [0.717, 1.165) is 25.7 Å². The van der Waals surface area contributed by atoms with Gasteiger partial charge in [0.25, 0.3) is 5.91 Å². The van der Waals surface area contributed by atoms with Gasteiger partial charge in [-0.1, -0.05) is 25.7 Å². The van der Waals surface area contributed by atoms with E-state index < -0.39 is 16.1 Å². The van der Waals surface area contributed by atoms with Gasteiger partial charge in [0, 0.05) is 19.1 Å². The molecule has 156 valence electrons. The molecule has 1 heterocycles. The van der Waals surface area contributed by atoms with Crippen molar-refractivity contribution < 1.29 is 22.7 Å². The Morgan fingerprint density at radius 3 is 2.32 bits per heavy atom. The lowest BCUT2D eigenvalue weighted by Crippen LogP contribution is -2.46. The van der Waals surface area contributed by atoms with Crippen molar-refractivity contribution in [2.45, 2.75) is 62.5 Å². The maximum Gasteiger partial charge on any atom is 0.263 e. The van der Waals surface area contributed by atoms with Crippen molar-refractivity contribution >= 4 is 15.9 Å². The van der Waals surface area contributed by atoms with E-state index in [9.17, 15) is 13.2 Å². The second kappa shape index (κ2) is 9.71. The highest BCUT2D eigenvalue weighted by Crippen LogP contribution is 2.21. The molecule has 1 saturated carbocycles. The summed E-state index contributed by atoms with van der Waals surface area (Å²) in [4.78, 5) is 14.4. The Kier molecular flexibility index (Phi) is 7.31. The molecule has 0 radical (unpaired) electrons. The number of hydrogen-bond donors (Lipinski definition) is 1. The van der Waals surface area contributed by atoms with Crippen molar-refractivity contribution in [1.82, 2.24) is 9.62 Å². The van der Waals surface area contributed by atoms with Gasteiger partial charge in [0.05, 0.1) is 18.1 Å². The normalized spacial score (nSPS) is 20.4. The molecule has 1 aliphatic carbocycles. The fourth-order valence-corrected chi connectivity index (χ4v) is 4.98. The Morgan fingerprint density at radius 2 is 1.71 bits per heavy atom. The number of ether oxygens (including phenoxy) is 2. The molecular formula is C20H30N2O5S. The van der Waals surface area contributed by atoms with Gasteiger partial charge in [0.15, 0.2) is 6.10 Å². The first-order valence-corrected chi connectivity index (χ1v) is 11.6. The van der Waals surface area contributed by atoms with E-state index in [2.05, 4.69) is 4.72 Å². The van der Waals surface area contributed by atoms with Crippen LogP contribution in [0.3, 0.4) is 0 Å². The van der Waals surface area contributed by atoms with E-state index >= 15 is 0 Å². The number of sulfonamides is 1. The molecule has 2 aliphatic rings. The Labute approximate surface area is 167 Å². The van der Waals surface area contributed by atoms with Crippen LogP contribution < -0.4 is 9.46 Å². The third-order valence-electron chi connectivity index (χ3n) is 5.29. The first-order chi connectivity index (χ1) is 13.5. The van der Waals surface area contributed by atoms with Crippen LogP contribution in [0.4, 0.5) is 0 Å². The fraction of sp³-hybridized carbons (Fsp3) is 0.650. The summed E-state index contributed by atoms with van der Waals surface area (Å²) in [5, 5.41) is 0. The number of morpholine rings is 1. The van der Waals surface area contributed by atoms with Crippen molar-refractivity contribution in [2.24, 2.45) is 0 Å². The number of amides is 1. The minimum absolute atomic E-state index is 0.00888. The van der Waals surface area contributed by atoms with Crippen molar-refractivity contribution in [2.75, 3.05) is 26.3 Å². The predicted molar refractivity (Wildman–Crippen MR) is 106 cm³/mol. The number of nitrogens with zero attached hydrogens (tertiary/aromatic N) is 1. The van der Waals surface area contributed by atoms with Crippen molar-refractivity contribution in [3.63, 3.8) is 0 Å². The van der Waals surface area contributed by atoms with Gasteiger partial charge in [0.1, 0.15) is 5.75 Å². The van der Waals surface area contributed by atoms with Gasteiger partial charge in [0.2, 0.25) is 10.0 Å². The molecule has 3 rings (SSSR count). The summed E-state index contributed by atoms with van der Waals surface area (Å²) < 4.78 is 39.1. The van der Waals surface area contributed by atoms with Crippen LogP contribution in [-0.2, 0) is 19.6 Å². The number of carbonyl (C=O) groups is 1. The first-order valence-electron chi connectivity index (χ1n) is 10.1. The van der Waals surface area contributed by atoms with Crippen molar-refractivity contribution in [1.29, 1.82) is 0 Å². The molecule has 2 fully saturated rings. The zero-order valence-electron chi connectivity index (χ0n) is 16.4. The van der Waals surface area contributed by atoms with Crippen LogP contribution >= 0.6 is 0 Å². The SMILES string of the molecule is C[C@H](Oc1ccc(S(=O)(=O)NC2CCCCCC2)cc1)C(=O)N1CCOCC1. The highest BCUT2D eigenvalue weighted by Gasteiger charge is 2.24. The maximum atomic E-state index is 12.6. The van der Waals surface area contributed by atoms with Crippen LogP contribution in [0.2, 0.25) is 0 Å². The van der Waals surface area contributed by atoms with Crippen LogP contribution in [0.1, 0.15) is 45.4 Å². The highest BCUT2D eigenvalue weighted by molar-refractivity contribution is 7.89. The van der Waals surface area contributed by atoms with E-state index in [1.807, 2.05) is 0 Å². The van der Waals surface area contributed by atoms with Crippen LogP contribution in [0.15, 0.2) is 29.2 Å². The molecule has 7 nitrogen and oxygen atoms in total. The second-order valence-corrected chi connectivity index (χ2v) is 9.19. The maximum absolute atomic E-state index is 12.6. The quantitative estimate of drug-likeness (QED) is 0.728. The number of carbonyl (C=O) groups excluding carboxylic acids is 1. The zero-order chi connectivity index (χ0) is 20.0. The average molecular weight is 411 g/mol. The lowest BCUT2D eigenvalue weighted by molar-refractivity contribution is -0.142. The molecule has 1 amide bonds. The Hall–Kier alpha value is -1.64. The summed E-state index contributed by atoms with van der Waals surface area (Å²) in [6, 6.07) is 6.27. The summed E-state index contributed by atoms with van der Waals surface area (Å²) in [6.45, 7) is 3.92. The number of nitrogens with one attached hydrogen (secondary N) is 1. The van der Waals surface area contributed by atoms with Gasteiger partial charge in [-0.05, 0) is 44.0 Å². The summed E-state index contributed by atoms with van der Waals surface area (Å²) in [7, 11) is -3.55. The summed E-state index contributed by atoms with van der Waals surface area (Å²) in [5.74, 6) is 0.387. The van der Waals surface area contributed by atoms with Crippen LogP contribution in [0.25, 0.3) is 0 Å². The molecule has 1 aromatic rings. The third kappa shape index (κ3) is 5.68. The Morgan fingerprint density at radius 1 is 1.11 bits per heavy atom. The topological polar surface area (TPSA) is 84.9 Å². The predicted octanol–water partition coefficient (Wildman–Crippen LogP) is 2.31. The molecule has 1 saturated heterocycles. The molecule has 0 spiro atoms. The van der Waals surface area contributed by atoms with E-state index in [0.29, 0.717) is 32.1 Å². The zero-order valence-corrected chi connectivity index (χ0v) is 17.2. The van der Waals surface area contributed by atoms with E-state index in [1.54, 1.807) is 24.0 Å². The monoisotopic (exact) mass is 410 g/mol. The average Bonchev–Trinajstić information content (AvgIpc) is 2.96. The summed E-state index contributed by atoms with van der Waals surface area (Å²) in [6.07, 6.45) is 5.62. The first kappa shape index (κ1) is 21.1. The molecule has 1 aromatic carbocycles. The number of hydrogen-bond acceptors (Lipinski definition) is 5. The van der Waals surface area contributed by atoms with Crippen LogP contribution in [0, 0.1) is 0 Å². The van der Waals surface area contributed by atoms with Gasteiger partial charge in [-0.3, -0.25) is 4.79 Å². The Balaban J connectivity index is 1.58. The number of rotatable bonds is 6. The fourth-order valence-electron chi connectivity index (χ4n) is 3.68. The largest absolute Gasteiger partial charge is 0.481 e. The molecule has 0 bridgehead atoms. The minimum atomic E-state index is -3.55. The molecule has 28 heavy (non-hydrogen) atoms. The molecule has 1 aliphatic heterocycles. The Bertz CT molecular complexity index is 736. The number of benzene rings is 1. The van der Waals surface area contributed by atoms with Crippen molar-refractivity contribution in [3.05, 3.63) is 24.3 Å². The van der Waals surface area contributed by atoms with Gasteiger partial charge < -0.3 is 14.4 Å². The van der Waals surface area contributed by atoms with Crippen molar-refractivity contribution in [3.8, 4) is 5.75 Å². The van der Waals surface area contributed by atoms with E-state index in [4.69, 9.17) is 9.47 Å². The van der Waals surface area contributed by atoms with Crippen LogP contribution in [-0.4, -0.2) is 57.7 Å². The van der Waals surface area contributed by atoms with E-state index in [-0.39, 0.29) is 16.8 Å². The smallest absolute Gasteiger partial charge is 0.263 e. The molecule has 1 N–H and O–H groups in total. The second-order valence-electron chi connectivity index (χ2n) is 7.48. The lowest BCUT2D eigenvalue weighted by Gasteiger charge is -2.29. The molecule has 1 atom stereocenters. The summed E-state index contributed by atoms with van der Waals surface area (Å²) in [5.41, 5.74) is 0. The standard InChI is InChI=1S/C20H30N2O5S/c1-16(20(23)22-12-14-26-15-13-22)27-18-8-10-19(11-9-18)28(24,25)21-17-6-4-2-3-5-7-17/h8-11,16-17,21H,2-7,12-15H2,1H3/t16-/m0/s1. The third-order valence-corrected chi connectivity index (χ3v) is 6.83. The lowest BCUT2D eigenvalue weighted by atomic mass is 10.1. The van der Waals surface area contributed by atoms with Gasteiger partial charge in [-0.25, -0.2) is 13.1 Å². The highest BCUT2D eigenvalue weighted by atomic mass is 32.2. The molecule has 0 aromatic heterocycles. The van der Waals surface area contributed by atoms with Gasteiger partial charge in [-0.15, -0.1) is 0 Å². The molecular weight excluding hydrogens is 380 g/mol. The van der Waals surface area contributed by atoms with Gasteiger partial charge in [-0.2, -0.15) is 0 Å².